The van der Waals surface area contributed by atoms with Crippen LogP contribution in [0.15, 0.2) is 146 Å². The second-order valence-corrected chi connectivity index (χ2v) is 13.3. The third kappa shape index (κ3) is 3.70. The molecule has 46 heavy (non-hydrogen) atoms. The summed E-state index contributed by atoms with van der Waals surface area (Å²) in [7, 11) is 0. The number of aromatic amines is 1. The van der Waals surface area contributed by atoms with Gasteiger partial charge < -0.3 is 9.55 Å². The van der Waals surface area contributed by atoms with Gasteiger partial charge in [-0.05, 0) is 71.6 Å². The maximum Gasteiger partial charge on any atom is 0.0647 e. The minimum atomic E-state index is 1.17. The third-order valence-corrected chi connectivity index (χ3v) is 10.8. The molecule has 0 spiro atoms. The van der Waals surface area contributed by atoms with Crippen molar-refractivity contribution in [2.24, 2.45) is 0 Å². The van der Waals surface area contributed by atoms with Crippen LogP contribution in [-0.2, 0) is 0 Å². The van der Waals surface area contributed by atoms with Crippen molar-refractivity contribution in [2.45, 2.75) is 6.92 Å². The van der Waals surface area contributed by atoms with Crippen LogP contribution in [0.1, 0.15) is 5.56 Å². The number of hydrogen-bond donors (Lipinski definition) is 1. The van der Waals surface area contributed by atoms with Gasteiger partial charge in [-0.25, -0.2) is 0 Å². The SMILES string of the molecule is Cc1cccc(-c2cc(-n3c4ccccc4c4ccccc43)c3sc4c(-c5ccc6[nH]c7ccccc7c6c5)cccc4c3c2)c1. The smallest absolute Gasteiger partial charge is 0.0647 e. The molecule has 0 aliphatic carbocycles. The average molecular weight is 605 g/mol. The number of thiophene rings is 1. The summed E-state index contributed by atoms with van der Waals surface area (Å²) in [5, 5.41) is 7.68. The van der Waals surface area contributed by atoms with Gasteiger partial charge in [0, 0.05) is 48.1 Å². The lowest BCUT2D eigenvalue weighted by Gasteiger charge is -2.13. The van der Waals surface area contributed by atoms with Crippen molar-refractivity contribution in [3.63, 3.8) is 0 Å². The Balaban J connectivity index is 1.31. The van der Waals surface area contributed by atoms with Gasteiger partial charge in [-0.1, -0.05) is 109 Å². The first kappa shape index (κ1) is 25.7. The monoisotopic (exact) mass is 604 g/mol. The predicted octanol–water partition coefficient (Wildman–Crippen LogP) is 12.4. The fourth-order valence-electron chi connectivity index (χ4n) is 7.46. The molecule has 7 aromatic carbocycles. The minimum Gasteiger partial charge on any atom is -0.355 e. The lowest BCUT2D eigenvalue weighted by Crippen LogP contribution is -1.95. The highest BCUT2D eigenvalue weighted by Gasteiger charge is 2.20. The molecule has 3 heteroatoms. The first-order valence-electron chi connectivity index (χ1n) is 15.8. The summed E-state index contributed by atoms with van der Waals surface area (Å²) in [5.41, 5.74) is 12.3. The quantitative estimate of drug-likeness (QED) is 0.207. The molecule has 0 saturated carbocycles. The van der Waals surface area contributed by atoms with Crippen LogP contribution >= 0.6 is 11.3 Å². The Bertz CT molecular complexity index is 2770. The number of para-hydroxylation sites is 3. The normalized spacial score (nSPS) is 12.0. The minimum absolute atomic E-state index is 1.17. The summed E-state index contributed by atoms with van der Waals surface area (Å²) in [6, 6.07) is 53.6. The zero-order valence-electron chi connectivity index (χ0n) is 25.2. The zero-order chi connectivity index (χ0) is 30.4. The molecule has 216 valence electrons. The Morgan fingerprint density at radius 2 is 1.13 bits per heavy atom. The van der Waals surface area contributed by atoms with Gasteiger partial charge in [0.2, 0.25) is 0 Å². The molecule has 3 aromatic heterocycles. The van der Waals surface area contributed by atoms with Crippen molar-refractivity contribution < 1.29 is 0 Å². The molecule has 0 aliphatic heterocycles. The van der Waals surface area contributed by atoms with Crippen LogP contribution in [0.3, 0.4) is 0 Å². The van der Waals surface area contributed by atoms with E-state index in [0.29, 0.717) is 0 Å². The van der Waals surface area contributed by atoms with E-state index in [0.717, 1.165) is 0 Å². The van der Waals surface area contributed by atoms with Gasteiger partial charge in [0.1, 0.15) is 0 Å². The largest absolute Gasteiger partial charge is 0.355 e. The zero-order valence-corrected chi connectivity index (χ0v) is 26.0. The third-order valence-electron chi connectivity index (χ3n) is 9.57. The Morgan fingerprint density at radius 3 is 1.93 bits per heavy atom. The van der Waals surface area contributed by atoms with Gasteiger partial charge in [-0.3, -0.25) is 0 Å². The molecule has 3 heterocycles. The second kappa shape index (κ2) is 9.68. The Labute approximate surface area is 269 Å². The summed E-state index contributed by atoms with van der Waals surface area (Å²) >= 11 is 1.91. The number of hydrogen-bond acceptors (Lipinski definition) is 1. The standard InChI is InChI=1S/C43H28N2S/c1-26-10-8-11-27(22-26)29-24-36-34-16-9-15-30(28-20-21-38-35(23-28)31-12-2-5-17-37(31)44-38)42(34)46-43(36)41(25-29)45-39-18-6-3-13-32(39)33-14-4-7-19-40(33)45/h2-25,44H,1H3. The van der Waals surface area contributed by atoms with Crippen molar-refractivity contribution in [1.29, 1.82) is 0 Å². The molecular weight excluding hydrogens is 577 g/mol. The maximum atomic E-state index is 3.59. The van der Waals surface area contributed by atoms with Crippen LogP contribution in [0.2, 0.25) is 0 Å². The summed E-state index contributed by atoms with van der Waals surface area (Å²) < 4.78 is 5.11. The highest BCUT2D eigenvalue weighted by Crippen LogP contribution is 2.46. The molecule has 0 bridgehead atoms. The lowest BCUT2D eigenvalue weighted by molar-refractivity contribution is 1.20. The highest BCUT2D eigenvalue weighted by molar-refractivity contribution is 7.26. The molecule has 0 amide bonds. The molecule has 1 N–H and O–H groups in total. The van der Waals surface area contributed by atoms with Crippen LogP contribution < -0.4 is 0 Å². The molecule has 0 saturated heterocycles. The first-order chi connectivity index (χ1) is 22.7. The molecular formula is C43H28N2S. The van der Waals surface area contributed by atoms with E-state index in [9.17, 15) is 0 Å². The van der Waals surface area contributed by atoms with E-state index in [1.54, 1.807) is 0 Å². The van der Waals surface area contributed by atoms with Crippen molar-refractivity contribution in [2.75, 3.05) is 0 Å². The summed E-state index contributed by atoms with van der Waals surface area (Å²) in [4.78, 5) is 3.59. The maximum absolute atomic E-state index is 3.59. The molecule has 0 atom stereocenters. The van der Waals surface area contributed by atoms with Gasteiger partial charge in [0.25, 0.3) is 0 Å². The van der Waals surface area contributed by atoms with Gasteiger partial charge in [0.15, 0.2) is 0 Å². The topological polar surface area (TPSA) is 20.7 Å². The number of aryl methyl sites for hydroxylation is 1. The van der Waals surface area contributed by atoms with E-state index in [1.165, 1.54) is 97.3 Å². The molecule has 0 unspecified atom stereocenters. The van der Waals surface area contributed by atoms with Crippen molar-refractivity contribution in [1.82, 2.24) is 9.55 Å². The van der Waals surface area contributed by atoms with Crippen LogP contribution in [0, 0.1) is 6.92 Å². The number of nitrogens with one attached hydrogen (secondary N) is 1. The molecule has 0 aliphatic rings. The number of nitrogens with zero attached hydrogens (tertiary/aromatic N) is 1. The summed E-state index contributed by atoms with van der Waals surface area (Å²) in [6.45, 7) is 2.17. The number of aromatic nitrogens is 2. The lowest BCUT2D eigenvalue weighted by atomic mass is 9.98. The number of benzene rings is 7. The Kier molecular flexibility index (Phi) is 5.40. The molecule has 2 nitrogen and oxygen atoms in total. The fraction of sp³-hybridized carbons (Fsp3) is 0.0233. The Morgan fingerprint density at radius 1 is 0.457 bits per heavy atom. The first-order valence-corrected chi connectivity index (χ1v) is 16.6. The van der Waals surface area contributed by atoms with E-state index in [-0.39, 0.29) is 0 Å². The van der Waals surface area contributed by atoms with Crippen LogP contribution in [0.4, 0.5) is 0 Å². The van der Waals surface area contributed by atoms with Crippen LogP contribution in [0.25, 0.3) is 91.7 Å². The van der Waals surface area contributed by atoms with E-state index in [4.69, 9.17) is 0 Å². The summed E-state index contributed by atoms with van der Waals surface area (Å²) in [5.74, 6) is 0. The van der Waals surface area contributed by atoms with Gasteiger partial charge in [-0.2, -0.15) is 0 Å². The molecule has 0 radical (unpaired) electrons. The van der Waals surface area contributed by atoms with E-state index >= 15 is 0 Å². The van der Waals surface area contributed by atoms with Crippen molar-refractivity contribution in [3.05, 3.63) is 151 Å². The van der Waals surface area contributed by atoms with E-state index in [1.807, 2.05) is 11.3 Å². The van der Waals surface area contributed by atoms with Crippen molar-refractivity contribution in [3.8, 4) is 27.9 Å². The van der Waals surface area contributed by atoms with Gasteiger partial charge in [-0.15, -0.1) is 11.3 Å². The average Bonchev–Trinajstić information content (AvgIpc) is 3.77. The predicted molar refractivity (Wildman–Crippen MR) is 199 cm³/mol. The number of fused-ring (bicyclic) bond motifs is 9. The van der Waals surface area contributed by atoms with Crippen molar-refractivity contribution >= 4 is 75.1 Å². The Hall–Kier alpha value is -5.64. The van der Waals surface area contributed by atoms with E-state index in [2.05, 4.69) is 162 Å². The van der Waals surface area contributed by atoms with E-state index < -0.39 is 0 Å². The fourth-order valence-corrected chi connectivity index (χ4v) is 8.79. The highest BCUT2D eigenvalue weighted by atomic mass is 32.1. The van der Waals surface area contributed by atoms with Gasteiger partial charge >= 0.3 is 0 Å². The molecule has 0 fully saturated rings. The van der Waals surface area contributed by atoms with Gasteiger partial charge in [0.05, 0.1) is 21.4 Å². The van der Waals surface area contributed by atoms with Crippen LogP contribution in [0.5, 0.6) is 0 Å². The molecule has 10 aromatic rings. The van der Waals surface area contributed by atoms with Crippen LogP contribution in [-0.4, -0.2) is 9.55 Å². The number of rotatable bonds is 3. The summed E-state index contributed by atoms with van der Waals surface area (Å²) in [6.07, 6.45) is 0. The second-order valence-electron chi connectivity index (χ2n) is 12.3. The number of H-pyrrole nitrogens is 1. The molecule has 10 rings (SSSR count).